The molecule has 3 heteroatoms. The Hall–Kier alpha value is -2.13. The number of esters is 1. The monoisotopic (exact) mass is 368 g/mol. The summed E-state index contributed by atoms with van der Waals surface area (Å²) in [6, 6.07) is 21.0. The Morgan fingerprint density at radius 1 is 1.00 bits per heavy atom. The van der Waals surface area contributed by atoms with Gasteiger partial charge >= 0.3 is 5.97 Å². The third kappa shape index (κ3) is 3.62. The molecule has 0 fully saturated rings. The lowest BCUT2D eigenvalue weighted by Gasteiger charge is -2.08. The van der Waals surface area contributed by atoms with Crippen LogP contribution in [0.1, 0.15) is 12.0 Å². The Bertz CT molecular complexity index is 855. The van der Waals surface area contributed by atoms with Crippen LogP contribution in [0.4, 0.5) is 0 Å². The summed E-state index contributed by atoms with van der Waals surface area (Å²) in [5, 5.41) is 2.38. The summed E-state index contributed by atoms with van der Waals surface area (Å²) < 4.78 is 5.78. The molecule has 23 heavy (non-hydrogen) atoms. The zero-order valence-electron chi connectivity index (χ0n) is 12.9. The van der Waals surface area contributed by atoms with Crippen LogP contribution in [0.5, 0.6) is 0 Å². The Morgan fingerprint density at radius 3 is 2.52 bits per heavy atom. The van der Waals surface area contributed by atoms with Gasteiger partial charge in [-0.15, -0.1) is 0 Å². The van der Waals surface area contributed by atoms with E-state index in [0.717, 1.165) is 10.0 Å². The molecular formula is C20H17BrO2. The molecule has 0 spiro atoms. The van der Waals surface area contributed by atoms with Gasteiger partial charge < -0.3 is 4.74 Å². The van der Waals surface area contributed by atoms with Gasteiger partial charge in [-0.1, -0.05) is 64.5 Å². The highest BCUT2D eigenvalue weighted by atomic mass is 79.9. The van der Waals surface area contributed by atoms with Gasteiger partial charge in [-0.25, -0.2) is 0 Å². The van der Waals surface area contributed by atoms with Crippen LogP contribution in [0.15, 0.2) is 65.1 Å². The predicted molar refractivity (Wildman–Crippen MR) is 97.4 cm³/mol. The lowest BCUT2D eigenvalue weighted by molar-refractivity contribution is -0.140. The molecule has 0 heterocycles. The van der Waals surface area contributed by atoms with E-state index in [1.165, 1.54) is 29.0 Å². The van der Waals surface area contributed by atoms with Crippen molar-refractivity contribution in [3.8, 4) is 11.1 Å². The number of methoxy groups -OCH3 is 1. The Morgan fingerprint density at radius 2 is 1.74 bits per heavy atom. The van der Waals surface area contributed by atoms with E-state index in [2.05, 4.69) is 64.5 Å². The number of hydrogen-bond donors (Lipinski definition) is 0. The van der Waals surface area contributed by atoms with Crippen LogP contribution < -0.4 is 0 Å². The van der Waals surface area contributed by atoms with Gasteiger partial charge in [0.05, 0.1) is 7.11 Å². The summed E-state index contributed by atoms with van der Waals surface area (Å²) >= 11 is 3.61. The van der Waals surface area contributed by atoms with Crippen LogP contribution >= 0.6 is 15.9 Å². The molecule has 0 bridgehead atoms. The van der Waals surface area contributed by atoms with Crippen molar-refractivity contribution >= 4 is 32.7 Å². The van der Waals surface area contributed by atoms with Crippen molar-refractivity contribution in [2.75, 3.05) is 7.11 Å². The molecule has 0 N–H and O–H groups in total. The highest BCUT2D eigenvalue weighted by molar-refractivity contribution is 9.10. The van der Waals surface area contributed by atoms with Crippen molar-refractivity contribution < 1.29 is 9.53 Å². The SMILES string of the molecule is COC(=O)CCc1ccc2cc(-c3ccccc3Br)ccc2c1. The largest absolute Gasteiger partial charge is 0.469 e. The number of carbonyl (C=O) groups excluding carboxylic acids is 1. The standard InChI is InChI=1S/C20H17BrO2/c1-23-20(22)11-7-14-6-8-16-13-17(10-9-15(16)12-14)18-4-2-3-5-19(18)21/h2-6,8-10,12-13H,7,11H2,1H3. The molecule has 3 rings (SSSR count). The quantitative estimate of drug-likeness (QED) is 0.578. The van der Waals surface area contributed by atoms with Crippen LogP contribution in [-0.2, 0) is 16.0 Å². The highest BCUT2D eigenvalue weighted by Crippen LogP contribution is 2.30. The van der Waals surface area contributed by atoms with Gasteiger partial charge in [0.2, 0.25) is 0 Å². The van der Waals surface area contributed by atoms with E-state index in [0.29, 0.717) is 12.8 Å². The van der Waals surface area contributed by atoms with Crippen molar-refractivity contribution in [2.45, 2.75) is 12.8 Å². The van der Waals surface area contributed by atoms with Gasteiger partial charge in [0, 0.05) is 10.9 Å². The number of ether oxygens (including phenoxy) is 1. The third-order valence-corrected chi connectivity index (χ3v) is 4.63. The lowest BCUT2D eigenvalue weighted by atomic mass is 9.99. The first-order chi connectivity index (χ1) is 11.2. The van der Waals surface area contributed by atoms with Gasteiger partial charge in [0.15, 0.2) is 0 Å². The maximum absolute atomic E-state index is 11.3. The van der Waals surface area contributed by atoms with Crippen molar-refractivity contribution in [3.05, 3.63) is 70.7 Å². The zero-order chi connectivity index (χ0) is 16.2. The van der Waals surface area contributed by atoms with Crippen LogP contribution in [0, 0.1) is 0 Å². The summed E-state index contributed by atoms with van der Waals surface area (Å²) in [7, 11) is 1.42. The Balaban J connectivity index is 1.90. The first-order valence-electron chi connectivity index (χ1n) is 7.52. The van der Waals surface area contributed by atoms with E-state index in [-0.39, 0.29) is 5.97 Å². The number of fused-ring (bicyclic) bond motifs is 1. The maximum Gasteiger partial charge on any atom is 0.305 e. The number of benzene rings is 3. The van der Waals surface area contributed by atoms with Gasteiger partial charge in [-0.2, -0.15) is 0 Å². The normalized spacial score (nSPS) is 10.7. The first kappa shape index (κ1) is 15.8. The van der Waals surface area contributed by atoms with E-state index in [9.17, 15) is 4.79 Å². The molecular weight excluding hydrogens is 352 g/mol. The average molecular weight is 369 g/mol. The van der Waals surface area contributed by atoms with Crippen molar-refractivity contribution in [3.63, 3.8) is 0 Å². The minimum atomic E-state index is -0.172. The predicted octanol–water partition coefficient (Wildman–Crippen LogP) is 5.37. The second-order valence-electron chi connectivity index (χ2n) is 5.45. The van der Waals surface area contributed by atoms with E-state index >= 15 is 0 Å². The molecule has 2 nitrogen and oxygen atoms in total. The summed E-state index contributed by atoms with van der Waals surface area (Å²) in [6.07, 6.45) is 1.12. The fourth-order valence-electron chi connectivity index (χ4n) is 2.66. The average Bonchev–Trinajstić information content (AvgIpc) is 2.59. The third-order valence-electron chi connectivity index (χ3n) is 3.93. The van der Waals surface area contributed by atoms with Crippen LogP contribution in [0.3, 0.4) is 0 Å². The first-order valence-corrected chi connectivity index (χ1v) is 8.31. The second kappa shape index (κ2) is 6.97. The molecule has 3 aromatic rings. The second-order valence-corrected chi connectivity index (χ2v) is 6.31. The van der Waals surface area contributed by atoms with Gasteiger partial charge in [0.1, 0.15) is 0 Å². The van der Waals surface area contributed by atoms with E-state index in [1.807, 2.05) is 12.1 Å². The smallest absolute Gasteiger partial charge is 0.305 e. The van der Waals surface area contributed by atoms with Gasteiger partial charge in [-0.05, 0) is 46.0 Å². The number of halogens is 1. The van der Waals surface area contributed by atoms with E-state index in [4.69, 9.17) is 4.74 Å². The molecule has 0 radical (unpaired) electrons. The molecule has 0 unspecified atom stereocenters. The van der Waals surface area contributed by atoms with Crippen molar-refractivity contribution in [1.29, 1.82) is 0 Å². The molecule has 3 aromatic carbocycles. The minimum absolute atomic E-state index is 0.172. The molecule has 0 aliphatic rings. The molecule has 0 saturated heterocycles. The topological polar surface area (TPSA) is 26.3 Å². The van der Waals surface area contributed by atoms with Crippen LogP contribution in [0.25, 0.3) is 21.9 Å². The highest BCUT2D eigenvalue weighted by Gasteiger charge is 2.05. The van der Waals surface area contributed by atoms with Crippen LogP contribution in [0.2, 0.25) is 0 Å². The minimum Gasteiger partial charge on any atom is -0.469 e. The zero-order valence-corrected chi connectivity index (χ0v) is 14.5. The maximum atomic E-state index is 11.3. The number of carbonyl (C=O) groups is 1. The molecule has 0 aromatic heterocycles. The summed E-state index contributed by atoms with van der Waals surface area (Å²) in [6.45, 7) is 0. The fourth-order valence-corrected chi connectivity index (χ4v) is 3.18. The lowest BCUT2D eigenvalue weighted by Crippen LogP contribution is -2.01. The molecule has 0 aliphatic carbocycles. The molecule has 0 aliphatic heterocycles. The summed E-state index contributed by atoms with van der Waals surface area (Å²) in [5.74, 6) is -0.172. The van der Waals surface area contributed by atoms with Gasteiger partial charge in [-0.3, -0.25) is 4.79 Å². The molecule has 0 amide bonds. The summed E-state index contributed by atoms with van der Waals surface area (Å²) in [5.41, 5.74) is 3.52. The number of rotatable bonds is 4. The molecule has 0 atom stereocenters. The molecule has 0 saturated carbocycles. The molecule has 116 valence electrons. The van der Waals surface area contributed by atoms with E-state index in [1.54, 1.807) is 0 Å². The number of hydrogen-bond acceptors (Lipinski definition) is 2. The Kier molecular flexibility index (Phi) is 4.77. The van der Waals surface area contributed by atoms with E-state index < -0.39 is 0 Å². The number of aryl methyl sites for hydroxylation is 1. The summed E-state index contributed by atoms with van der Waals surface area (Å²) in [4.78, 5) is 11.3. The van der Waals surface area contributed by atoms with Crippen molar-refractivity contribution in [1.82, 2.24) is 0 Å². The Labute approximate surface area is 144 Å². The van der Waals surface area contributed by atoms with Gasteiger partial charge in [0.25, 0.3) is 0 Å². The fraction of sp³-hybridized carbons (Fsp3) is 0.150. The van der Waals surface area contributed by atoms with Crippen molar-refractivity contribution in [2.24, 2.45) is 0 Å². The van der Waals surface area contributed by atoms with Crippen LogP contribution in [-0.4, -0.2) is 13.1 Å².